The largest absolute Gasteiger partial charge is 0.507 e. The summed E-state index contributed by atoms with van der Waals surface area (Å²) in [6.45, 7) is 10.7. The third-order valence-electron chi connectivity index (χ3n) is 8.28. The first-order chi connectivity index (χ1) is 14.2. The molecular weight excluding hydrogens is 368 g/mol. The molecule has 2 aromatic rings. The number of benzene rings is 2. The topological polar surface area (TPSA) is 40.5 Å². The quantitative estimate of drug-likeness (QED) is 0.555. The maximum atomic E-state index is 11.2. The van der Waals surface area contributed by atoms with Gasteiger partial charge in [-0.25, -0.2) is 0 Å². The minimum atomic E-state index is 0.000556. The first-order valence-corrected chi connectivity index (χ1v) is 11.8. The van der Waals surface area contributed by atoms with E-state index in [4.69, 9.17) is 0 Å². The molecule has 2 fully saturated rings. The Kier molecular flexibility index (Phi) is 5.64. The maximum Gasteiger partial charge on any atom is 0.122 e. The molecule has 2 aromatic carbocycles. The summed E-state index contributed by atoms with van der Waals surface area (Å²) in [6, 6.07) is 8.46. The SMILES string of the molecule is Cc1cc(C)c(O)c(C(c2cc(C)cc(C)c2O)C2(C)CCCC3CCCCC32)c1. The van der Waals surface area contributed by atoms with Crippen LogP contribution < -0.4 is 0 Å². The molecule has 2 heteroatoms. The second-order valence-electron chi connectivity index (χ2n) is 10.5. The van der Waals surface area contributed by atoms with Gasteiger partial charge in [-0.15, -0.1) is 0 Å². The van der Waals surface area contributed by atoms with Gasteiger partial charge in [0.25, 0.3) is 0 Å². The Balaban J connectivity index is 1.98. The highest BCUT2D eigenvalue weighted by atomic mass is 16.3. The predicted octanol–water partition coefficient (Wildman–Crippen LogP) is 7.46. The number of hydrogen-bond acceptors (Lipinski definition) is 2. The van der Waals surface area contributed by atoms with Crippen molar-refractivity contribution in [3.8, 4) is 11.5 Å². The van der Waals surface area contributed by atoms with Crippen LogP contribution in [0.5, 0.6) is 11.5 Å². The second-order valence-corrected chi connectivity index (χ2v) is 10.5. The summed E-state index contributed by atoms with van der Waals surface area (Å²) >= 11 is 0. The molecule has 3 atom stereocenters. The van der Waals surface area contributed by atoms with Gasteiger partial charge in [-0.3, -0.25) is 0 Å². The highest BCUT2D eigenvalue weighted by Gasteiger charge is 2.49. The standard InChI is InChI=1S/C28H38O2/c1-17-13-19(3)26(29)22(15-17)25(23-16-18(2)14-20(4)27(23)30)28(5)12-8-10-21-9-6-7-11-24(21)28/h13-16,21,24-25,29-30H,6-12H2,1-5H3. The first kappa shape index (κ1) is 21.3. The number of phenols is 2. The highest BCUT2D eigenvalue weighted by molar-refractivity contribution is 5.54. The van der Waals surface area contributed by atoms with Gasteiger partial charge in [0, 0.05) is 17.0 Å². The summed E-state index contributed by atoms with van der Waals surface area (Å²) in [5, 5.41) is 22.5. The van der Waals surface area contributed by atoms with Crippen molar-refractivity contribution in [2.24, 2.45) is 17.3 Å². The zero-order chi connectivity index (χ0) is 21.6. The minimum Gasteiger partial charge on any atom is -0.507 e. The van der Waals surface area contributed by atoms with Crippen molar-refractivity contribution >= 4 is 0 Å². The van der Waals surface area contributed by atoms with Crippen molar-refractivity contribution in [2.45, 2.75) is 85.5 Å². The minimum absolute atomic E-state index is 0.000556. The molecule has 0 radical (unpaired) electrons. The van der Waals surface area contributed by atoms with Gasteiger partial charge in [0.2, 0.25) is 0 Å². The average Bonchev–Trinajstić information content (AvgIpc) is 2.69. The monoisotopic (exact) mass is 406 g/mol. The van der Waals surface area contributed by atoms with Crippen molar-refractivity contribution < 1.29 is 10.2 Å². The molecule has 0 bridgehead atoms. The number of aromatic hydroxyl groups is 2. The Morgan fingerprint density at radius 1 is 0.767 bits per heavy atom. The van der Waals surface area contributed by atoms with E-state index < -0.39 is 0 Å². The normalized spacial score (nSPS) is 26.6. The van der Waals surface area contributed by atoms with Gasteiger partial charge in [0.15, 0.2) is 0 Å². The van der Waals surface area contributed by atoms with Gasteiger partial charge in [0.1, 0.15) is 11.5 Å². The van der Waals surface area contributed by atoms with E-state index in [1.54, 1.807) is 0 Å². The Hall–Kier alpha value is -1.96. The van der Waals surface area contributed by atoms with Crippen molar-refractivity contribution in [2.75, 3.05) is 0 Å². The summed E-state index contributed by atoms with van der Waals surface area (Å²) in [5.74, 6) is 2.23. The molecule has 0 amide bonds. The predicted molar refractivity (Wildman–Crippen MR) is 124 cm³/mol. The summed E-state index contributed by atoms with van der Waals surface area (Å²) in [4.78, 5) is 0. The van der Waals surface area contributed by atoms with Gasteiger partial charge in [-0.1, -0.05) is 74.4 Å². The van der Waals surface area contributed by atoms with Crippen LogP contribution in [0.1, 0.15) is 91.2 Å². The number of fused-ring (bicyclic) bond motifs is 1. The molecule has 30 heavy (non-hydrogen) atoms. The lowest BCUT2D eigenvalue weighted by Gasteiger charge is -2.53. The lowest BCUT2D eigenvalue weighted by Crippen LogP contribution is -2.43. The first-order valence-electron chi connectivity index (χ1n) is 11.8. The summed E-state index contributed by atoms with van der Waals surface area (Å²) in [7, 11) is 0. The number of phenolic OH excluding ortho intramolecular Hbond substituents is 2. The fourth-order valence-electron chi connectivity index (χ4n) is 7.01. The molecule has 3 unspecified atom stereocenters. The second kappa shape index (κ2) is 7.94. The third-order valence-corrected chi connectivity index (χ3v) is 8.28. The zero-order valence-corrected chi connectivity index (χ0v) is 19.4. The molecule has 4 rings (SSSR count). The molecule has 2 N–H and O–H groups in total. The Labute approximate surface area is 182 Å². The zero-order valence-electron chi connectivity index (χ0n) is 19.4. The number of aryl methyl sites for hydroxylation is 4. The van der Waals surface area contributed by atoms with Crippen LogP contribution in [-0.4, -0.2) is 10.2 Å². The van der Waals surface area contributed by atoms with Crippen LogP contribution in [0.3, 0.4) is 0 Å². The lowest BCUT2D eigenvalue weighted by atomic mass is 9.51. The Morgan fingerprint density at radius 2 is 1.27 bits per heavy atom. The summed E-state index contributed by atoms with van der Waals surface area (Å²) in [5.41, 5.74) is 6.24. The van der Waals surface area contributed by atoms with Gasteiger partial charge in [-0.05, 0) is 68.9 Å². The van der Waals surface area contributed by atoms with Crippen LogP contribution in [-0.2, 0) is 0 Å². The Morgan fingerprint density at radius 3 is 1.83 bits per heavy atom. The molecule has 0 spiro atoms. The van der Waals surface area contributed by atoms with Crippen LogP contribution in [0.15, 0.2) is 24.3 Å². The van der Waals surface area contributed by atoms with Crippen LogP contribution in [0.4, 0.5) is 0 Å². The fraction of sp³-hybridized carbons (Fsp3) is 0.571. The highest BCUT2D eigenvalue weighted by Crippen LogP contribution is 2.61. The van der Waals surface area contributed by atoms with E-state index in [-0.39, 0.29) is 11.3 Å². The van der Waals surface area contributed by atoms with Crippen molar-refractivity contribution in [3.63, 3.8) is 0 Å². The third kappa shape index (κ3) is 3.53. The van der Waals surface area contributed by atoms with E-state index >= 15 is 0 Å². The van der Waals surface area contributed by atoms with Crippen LogP contribution in [0.25, 0.3) is 0 Å². The number of hydrogen-bond donors (Lipinski definition) is 2. The summed E-state index contributed by atoms with van der Waals surface area (Å²) in [6.07, 6.45) is 9.00. The molecular formula is C28H38O2. The molecule has 2 nitrogen and oxygen atoms in total. The van der Waals surface area contributed by atoms with E-state index in [1.165, 1.54) is 49.7 Å². The fourth-order valence-corrected chi connectivity index (χ4v) is 7.01. The lowest BCUT2D eigenvalue weighted by molar-refractivity contribution is 0.0118. The smallest absolute Gasteiger partial charge is 0.122 e. The van der Waals surface area contributed by atoms with E-state index in [9.17, 15) is 10.2 Å². The van der Waals surface area contributed by atoms with Crippen molar-refractivity contribution in [1.29, 1.82) is 0 Å². The van der Waals surface area contributed by atoms with E-state index in [0.717, 1.165) is 34.6 Å². The molecule has 0 aliphatic heterocycles. The van der Waals surface area contributed by atoms with Gasteiger partial charge in [0.05, 0.1) is 0 Å². The molecule has 2 saturated carbocycles. The molecule has 2 aliphatic rings. The average molecular weight is 407 g/mol. The van der Waals surface area contributed by atoms with Crippen molar-refractivity contribution in [1.82, 2.24) is 0 Å². The van der Waals surface area contributed by atoms with E-state index in [2.05, 4.69) is 45.0 Å². The molecule has 2 aliphatic carbocycles. The number of rotatable bonds is 3. The Bertz CT molecular complexity index is 885. The van der Waals surface area contributed by atoms with Gasteiger partial charge in [-0.2, -0.15) is 0 Å². The van der Waals surface area contributed by atoms with E-state index in [1.807, 2.05) is 13.8 Å². The van der Waals surface area contributed by atoms with Gasteiger partial charge >= 0.3 is 0 Å². The van der Waals surface area contributed by atoms with Crippen LogP contribution in [0.2, 0.25) is 0 Å². The van der Waals surface area contributed by atoms with Gasteiger partial charge < -0.3 is 10.2 Å². The molecule has 162 valence electrons. The van der Waals surface area contributed by atoms with E-state index in [0.29, 0.717) is 17.4 Å². The molecule has 0 saturated heterocycles. The van der Waals surface area contributed by atoms with Crippen LogP contribution >= 0.6 is 0 Å². The maximum absolute atomic E-state index is 11.2. The summed E-state index contributed by atoms with van der Waals surface area (Å²) < 4.78 is 0. The molecule has 0 aromatic heterocycles. The van der Waals surface area contributed by atoms with Crippen molar-refractivity contribution in [3.05, 3.63) is 57.6 Å². The van der Waals surface area contributed by atoms with Crippen LogP contribution in [0, 0.1) is 44.9 Å². The molecule has 0 heterocycles.